The lowest BCUT2D eigenvalue weighted by atomic mass is 10.2. The normalized spacial score (nSPS) is 18.1. The van der Waals surface area contributed by atoms with Crippen molar-refractivity contribution in [2.24, 2.45) is 0 Å². The Morgan fingerprint density at radius 3 is 2.67 bits per heavy atom. The number of nitrogen functional groups attached to an aromatic ring is 1. The summed E-state index contributed by atoms with van der Waals surface area (Å²) in [6.45, 7) is 7.79. The monoisotopic (exact) mass is 206 g/mol. The van der Waals surface area contributed by atoms with Crippen LogP contribution in [0.5, 0.6) is 0 Å². The second-order valence-electron chi connectivity index (χ2n) is 3.86. The molecular formula is C11H18N4. The Hall–Kier alpha value is -1.29. The summed E-state index contributed by atoms with van der Waals surface area (Å²) in [5.74, 6) is 0.602. The standard InChI is InChI=1S/C11H18N4/c1-2-14-5-7-15(8-6-14)10-3-4-13-11(12)9-10/h3-4,9H,2,5-8H2,1H3,(H2,12,13). The molecule has 82 valence electrons. The van der Waals surface area contributed by atoms with Gasteiger partial charge >= 0.3 is 0 Å². The van der Waals surface area contributed by atoms with E-state index in [-0.39, 0.29) is 0 Å². The molecular weight excluding hydrogens is 188 g/mol. The van der Waals surface area contributed by atoms with Crippen molar-refractivity contribution >= 4 is 11.5 Å². The second-order valence-corrected chi connectivity index (χ2v) is 3.86. The minimum absolute atomic E-state index is 0.602. The summed E-state index contributed by atoms with van der Waals surface area (Å²) in [6.07, 6.45) is 1.77. The van der Waals surface area contributed by atoms with Crippen molar-refractivity contribution in [1.29, 1.82) is 0 Å². The van der Waals surface area contributed by atoms with E-state index in [0.29, 0.717) is 5.82 Å². The summed E-state index contributed by atoms with van der Waals surface area (Å²) in [4.78, 5) is 8.83. The first-order valence-corrected chi connectivity index (χ1v) is 5.48. The van der Waals surface area contributed by atoms with Crippen molar-refractivity contribution in [1.82, 2.24) is 9.88 Å². The van der Waals surface area contributed by atoms with Crippen LogP contribution in [0.3, 0.4) is 0 Å². The fraction of sp³-hybridized carbons (Fsp3) is 0.545. The minimum atomic E-state index is 0.602. The van der Waals surface area contributed by atoms with Crippen LogP contribution in [0.1, 0.15) is 6.92 Å². The fourth-order valence-corrected chi connectivity index (χ4v) is 1.96. The average molecular weight is 206 g/mol. The molecule has 1 fully saturated rings. The van der Waals surface area contributed by atoms with Gasteiger partial charge in [0.2, 0.25) is 0 Å². The molecule has 0 unspecified atom stereocenters. The van der Waals surface area contributed by atoms with E-state index >= 15 is 0 Å². The fourth-order valence-electron chi connectivity index (χ4n) is 1.96. The molecule has 0 aliphatic carbocycles. The van der Waals surface area contributed by atoms with Crippen molar-refractivity contribution in [3.63, 3.8) is 0 Å². The first-order valence-electron chi connectivity index (χ1n) is 5.48. The Kier molecular flexibility index (Phi) is 3.06. The van der Waals surface area contributed by atoms with Gasteiger partial charge in [-0.3, -0.25) is 0 Å². The predicted molar refractivity (Wildman–Crippen MR) is 63.0 cm³/mol. The van der Waals surface area contributed by atoms with Crippen molar-refractivity contribution in [3.8, 4) is 0 Å². The van der Waals surface area contributed by atoms with Gasteiger partial charge in [0.25, 0.3) is 0 Å². The number of aromatic nitrogens is 1. The maximum absolute atomic E-state index is 5.67. The lowest BCUT2D eigenvalue weighted by Crippen LogP contribution is -2.46. The zero-order valence-electron chi connectivity index (χ0n) is 9.19. The summed E-state index contributed by atoms with van der Waals surface area (Å²) in [5, 5.41) is 0. The number of nitrogens with zero attached hydrogens (tertiary/aromatic N) is 3. The van der Waals surface area contributed by atoms with Gasteiger partial charge < -0.3 is 15.5 Å². The summed E-state index contributed by atoms with van der Waals surface area (Å²) in [7, 11) is 0. The molecule has 2 N–H and O–H groups in total. The first-order chi connectivity index (χ1) is 7.29. The molecule has 1 aromatic heterocycles. The van der Waals surface area contributed by atoms with Crippen molar-refractivity contribution in [2.75, 3.05) is 43.4 Å². The van der Waals surface area contributed by atoms with Crippen LogP contribution in [0.25, 0.3) is 0 Å². The molecule has 2 rings (SSSR count). The van der Waals surface area contributed by atoms with Crippen LogP contribution >= 0.6 is 0 Å². The number of anilines is 2. The third-order valence-corrected chi connectivity index (χ3v) is 2.95. The molecule has 2 heterocycles. The van der Waals surface area contributed by atoms with Crippen LogP contribution in [0.4, 0.5) is 11.5 Å². The molecule has 1 saturated heterocycles. The Morgan fingerprint density at radius 1 is 1.33 bits per heavy atom. The van der Waals surface area contributed by atoms with Gasteiger partial charge in [0, 0.05) is 44.1 Å². The molecule has 1 aliphatic rings. The van der Waals surface area contributed by atoms with Crippen LogP contribution in [0.15, 0.2) is 18.3 Å². The smallest absolute Gasteiger partial charge is 0.125 e. The highest BCUT2D eigenvalue weighted by molar-refractivity contribution is 5.52. The van der Waals surface area contributed by atoms with E-state index in [4.69, 9.17) is 5.73 Å². The van der Waals surface area contributed by atoms with E-state index in [1.165, 1.54) is 5.69 Å². The Morgan fingerprint density at radius 2 is 2.07 bits per heavy atom. The van der Waals surface area contributed by atoms with Crippen LogP contribution in [0.2, 0.25) is 0 Å². The number of rotatable bonds is 2. The number of pyridine rings is 1. The third-order valence-electron chi connectivity index (χ3n) is 2.95. The molecule has 0 spiro atoms. The molecule has 0 aromatic carbocycles. The molecule has 4 nitrogen and oxygen atoms in total. The average Bonchev–Trinajstić information content (AvgIpc) is 2.29. The van der Waals surface area contributed by atoms with Gasteiger partial charge in [-0.2, -0.15) is 0 Å². The van der Waals surface area contributed by atoms with Crippen LogP contribution in [-0.2, 0) is 0 Å². The second kappa shape index (κ2) is 4.49. The molecule has 0 radical (unpaired) electrons. The summed E-state index contributed by atoms with van der Waals surface area (Å²) < 4.78 is 0. The van der Waals surface area contributed by atoms with Crippen molar-refractivity contribution in [3.05, 3.63) is 18.3 Å². The molecule has 0 amide bonds. The first kappa shape index (κ1) is 10.2. The van der Waals surface area contributed by atoms with Gasteiger partial charge in [0.1, 0.15) is 5.82 Å². The zero-order valence-corrected chi connectivity index (χ0v) is 9.19. The summed E-state index contributed by atoms with van der Waals surface area (Å²) >= 11 is 0. The number of hydrogen-bond donors (Lipinski definition) is 1. The largest absolute Gasteiger partial charge is 0.384 e. The van der Waals surface area contributed by atoms with Crippen LogP contribution in [-0.4, -0.2) is 42.6 Å². The van der Waals surface area contributed by atoms with Gasteiger partial charge in [0.05, 0.1) is 0 Å². The Bertz CT molecular complexity index is 318. The molecule has 4 heteroatoms. The number of likely N-dealkylation sites (N-methyl/N-ethyl adjacent to an activating group) is 1. The number of hydrogen-bond acceptors (Lipinski definition) is 4. The van der Waals surface area contributed by atoms with Gasteiger partial charge in [0.15, 0.2) is 0 Å². The number of nitrogens with two attached hydrogens (primary N) is 1. The van der Waals surface area contributed by atoms with Gasteiger partial charge in [-0.05, 0) is 12.6 Å². The molecule has 0 atom stereocenters. The maximum Gasteiger partial charge on any atom is 0.125 e. The van der Waals surface area contributed by atoms with Crippen LogP contribution in [0, 0.1) is 0 Å². The highest BCUT2D eigenvalue weighted by Crippen LogP contribution is 2.17. The van der Waals surface area contributed by atoms with Gasteiger partial charge in [-0.1, -0.05) is 6.92 Å². The minimum Gasteiger partial charge on any atom is -0.384 e. The molecule has 1 aliphatic heterocycles. The van der Waals surface area contributed by atoms with Crippen molar-refractivity contribution in [2.45, 2.75) is 6.92 Å². The van der Waals surface area contributed by atoms with Gasteiger partial charge in [-0.25, -0.2) is 4.98 Å². The van der Waals surface area contributed by atoms with E-state index in [0.717, 1.165) is 32.7 Å². The molecule has 15 heavy (non-hydrogen) atoms. The van der Waals surface area contributed by atoms with E-state index in [1.807, 2.05) is 12.1 Å². The molecule has 1 aromatic rings. The van der Waals surface area contributed by atoms with Gasteiger partial charge in [-0.15, -0.1) is 0 Å². The molecule has 0 bridgehead atoms. The lowest BCUT2D eigenvalue weighted by molar-refractivity contribution is 0.271. The van der Waals surface area contributed by atoms with E-state index in [2.05, 4.69) is 21.7 Å². The summed E-state index contributed by atoms with van der Waals surface area (Å²) in [6, 6.07) is 3.97. The highest BCUT2D eigenvalue weighted by atomic mass is 15.3. The Balaban J connectivity index is 2.01. The summed E-state index contributed by atoms with van der Waals surface area (Å²) in [5.41, 5.74) is 6.86. The quantitative estimate of drug-likeness (QED) is 0.777. The lowest BCUT2D eigenvalue weighted by Gasteiger charge is -2.35. The van der Waals surface area contributed by atoms with E-state index in [1.54, 1.807) is 6.20 Å². The van der Waals surface area contributed by atoms with E-state index < -0.39 is 0 Å². The van der Waals surface area contributed by atoms with E-state index in [9.17, 15) is 0 Å². The Labute approximate surface area is 90.7 Å². The maximum atomic E-state index is 5.67. The zero-order chi connectivity index (χ0) is 10.7. The molecule has 0 saturated carbocycles. The van der Waals surface area contributed by atoms with Crippen LogP contribution < -0.4 is 10.6 Å². The number of piperazine rings is 1. The highest BCUT2D eigenvalue weighted by Gasteiger charge is 2.15. The SMILES string of the molecule is CCN1CCN(c2ccnc(N)c2)CC1. The van der Waals surface area contributed by atoms with Crippen molar-refractivity contribution < 1.29 is 0 Å². The predicted octanol–water partition coefficient (Wildman–Crippen LogP) is 0.806. The third kappa shape index (κ3) is 2.39. The topological polar surface area (TPSA) is 45.4 Å².